The van der Waals surface area contributed by atoms with Gasteiger partial charge in [-0.15, -0.1) is 5.10 Å². The molecular weight excluding hydrogens is 266 g/mol. The molecule has 21 heavy (non-hydrogen) atoms. The predicted molar refractivity (Wildman–Crippen MR) is 81.4 cm³/mol. The lowest BCUT2D eigenvalue weighted by Crippen LogP contribution is -2.13. The van der Waals surface area contributed by atoms with Gasteiger partial charge in [-0.25, -0.2) is 9.48 Å². The van der Waals surface area contributed by atoms with E-state index in [1.165, 1.54) is 32.1 Å². The summed E-state index contributed by atoms with van der Waals surface area (Å²) in [7, 11) is 0. The molecule has 1 heterocycles. The van der Waals surface area contributed by atoms with Gasteiger partial charge in [0.1, 0.15) is 0 Å². The quantitative estimate of drug-likeness (QED) is 0.742. The summed E-state index contributed by atoms with van der Waals surface area (Å²) in [6.07, 6.45) is 11.8. The highest BCUT2D eigenvalue weighted by Crippen LogP contribution is 2.27. The van der Waals surface area contributed by atoms with Crippen molar-refractivity contribution in [2.45, 2.75) is 77.7 Å². The van der Waals surface area contributed by atoms with Crippen LogP contribution < -0.4 is 0 Å². The highest BCUT2D eigenvalue weighted by Gasteiger charge is 2.21. The molecule has 0 spiro atoms. The van der Waals surface area contributed by atoms with Crippen molar-refractivity contribution < 1.29 is 9.90 Å². The van der Waals surface area contributed by atoms with Gasteiger partial charge in [0.05, 0.1) is 5.69 Å². The molecule has 5 heteroatoms. The lowest BCUT2D eigenvalue weighted by molar-refractivity contribution is 0.0689. The first-order chi connectivity index (χ1) is 10.2. The average Bonchev–Trinajstić information content (AvgIpc) is 2.90. The maximum atomic E-state index is 11.3. The van der Waals surface area contributed by atoms with Crippen molar-refractivity contribution in [2.75, 3.05) is 0 Å². The van der Waals surface area contributed by atoms with Crippen LogP contribution in [0.4, 0.5) is 0 Å². The minimum atomic E-state index is -0.949. The molecule has 118 valence electrons. The minimum absolute atomic E-state index is 0.155. The molecule has 0 radical (unpaired) electrons. The average molecular weight is 293 g/mol. The monoisotopic (exact) mass is 293 g/mol. The smallest absolute Gasteiger partial charge is 0.358 e. The maximum Gasteiger partial charge on any atom is 0.358 e. The van der Waals surface area contributed by atoms with E-state index >= 15 is 0 Å². The van der Waals surface area contributed by atoms with Gasteiger partial charge in [0.25, 0.3) is 0 Å². The number of carbonyl (C=O) groups is 1. The second-order valence-corrected chi connectivity index (χ2v) is 6.16. The van der Waals surface area contributed by atoms with Crippen LogP contribution in [0.25, 0.3) is 0 Å². The number of carboxylic acid groups (broad SMARTS) is 1. The summed E-state index contributed by atoms with van der Waals surface area (Å²) in [5.41, 5.74) is 0.978. The zero-order chi connectivity index (χ0) is 15.1. The summed E-state index contributed by atoms with van der Waals surface area (Å²) in [6, 6.07) is 0. The van der Waals surface area contributed by atoms with Crippen LogP contribution >= 0.6 is 0 Å². The first kappa shape index (κ1) is 16.0. The fourth-order valence-corrected chi connectivity index (χ4v) is 3.25. The molecule has 1 aromatic heterocycles. The third kappa shape index (κ3) is 4.55. The molecule has 1 fully saturated rings. The number of hydrogen-bond donors (Lipinski definition) is 1. The second-order valence-electron chi connectivity index (χ2n) is 6.16. The summed E-state index contributed by atoms with van der Waals surface area (Å²) < 4.78 is 1.82. The fourth-order valence-electron chi connectivity index (χ4n) is 3.25. The topological polar surface area (TPSA) is 68.0 Å². The van der Waals surface area contributed by atoms with Crippen LogP contribution in [-0.2, 0) is 13.0 Å². The van der Waals surface area contributed by atoms with Gasteiger partial charge in [-0.3, -0.25) is 0 Å². The Morgan fingerprint density at radius 1 is 1.29 bits per heavy atom. The summed E-state index contributed by atoms with van der Waals surface area (Å²) in [4.78, 5) is 11.3. The zero-order valence-electron chi connectivity index (χ0n) is 13.1. The number of aryl methyl sites for hydroxylation is 1. The lowest BCUT2D eigenvalue weighted by Gasteiger charge is -2.21. The molecule has 0 atom stereocenters. The molecule has 0 aromatic carbocycles. The number of aromatic carboxylic acids is 1. The van der Waals surface area contributed by atoms with Crippen LogP contribution in [-0.4, -0.2) is 26.1 Å². The van der Waals surface area contributed by atoms with Crippen molar-refractivity contribution in [3.8, 4) is 0 Å². The van der Waals surface area contributed by atoms with Gasteiger partial charge in [0.15, 0.2) is 5.69 Å². The summed E-state index contributed by atoms with van der Waals surface area (Å²) >= 11 is 0. The Bertz CT molecular complexity index is 450. The molecule has 0 aliphatic heterocycles. The molecule has 0 bridgehead atoms. The van der Waals surface area contributed by atoms with Crippen molar-refractivity contribution in [3.63, 3.8) is 0 Å². The van der Waals surface area contributed by atoms with E-state index in [1.807, 2.05) is 4.68 Å². The Kier molecular flexibility index (Phi) is 6.21. The van der Waals surface area contributed by atoms with Crippen LogP contribution in [0.3, 0.4) is 0 Å². The Hall–Kier alpha value is -1.39. The summed E-state index contributed by atoms with van der Waals surface area (Å²) in [5.74, 6) is -0.199. The molecule has 1 aliphatic rings. The molecule has 0 amide bonds. The maximum absolute atomic E-state index is 11.3. The fraction of sp³-hybridized carbons (Fsp3) is 0.812. The van der Waals surface area contributed by atoms with Gasteiger partial charge >= 0.3 is 5.97 Å². The van der Waals surface area contributed by atoms with Crippen LogP contribution in [0.15, 0.2) is 0 Å². The third-order valence-corrected chi connectivity index (χ3v) is 4.53. The van der Waals surface area contributed by atoms with Gasteiger partial charge < -0.3 is 5.11 Å². The molecule has 0 saturated heterocycles. The normalized spacial score (nSPS) is 16.2. The number of rotatable bonds is 8. The van der Waals surface area contributed by atoms with Crippen LogP contribution in [0.2, 0.25) is 0 Å². The third-order valence-electron chi connectivity index (χ3n) is 4.53. The van der Waals surface area contributed by atoms with E-state index in [9.17, 15) is 9.90 Å². The predicted octanol–water partition coefficient (Wildman–Crippen LogP) is 3.68. The van der Waals surface area contributed by atoms with Gasteiger partial charge in [-0.05, 0) is 25.2 Å². The highest BCUT2D eigenvalue weighted by molar-refractivity contribution is 5.86. The molecule has 1 N–H and O–H groups in total. The highest BCUT2D eigenvalue weighted by atomic mass is 16.4. The van der Waals surface area contributed by atoms with E-state index in [-0.39, 0.29) is 5.69 Å². The second kappa shape index (κ2) is 8.15. The van der Waals surface area contributed by atoms with E-state index in [2.05, 4.69) is 17.2 Å². The standard InChI is InChI=1S/C16H27N3O2/c1-2-3-7-12-19-14(15(16(20)21)17-18-19)11-10-13-8-5-4-6-9-13/h13H,2-12H2,1H3,(H,20,21). The van der Waals surface area contributed by atoms with E-state index in [1.54, 1.807) is 0 Å². The Morgan fingerprint density at radius 3 is 2.71 bits per heavy atom. The largest absolute Gasteiger partial charge is 0.476 e. The number of aromatic nitrogens is 3. The van der Waals surface area contributed by atoms with E-state index in [4.69, 9.17) is 0 Å². The van der Waals surface area contributed by atoms with Crippen LogP contribution in [0, 0.1) is 5.92 Å². The molecule has 1 aliphatic carbocycles. The van der Waals surface area contributed by atoms with Gasteiger partial charge in [-0.2, -0.15) is 0 Å². The molecule has 2 rings (SSSR count). The molecular formula is C16H27N3O2. The van der Waals surface area contributed by atoms with Crippen LogP contribution in [0.5, 0.6) is 0 Å². The number of unbranched alkanes of at least 4 members (excludes halogenated alkanes) is 2. The first-order valence-electron chi connectivity index (χ1n) is 8.38. The Morgan fingerprint density at radius 2 is 2.05 bits per heavy atom. The molecule has 1 saturated carbocycles. The zero-order valence-corrected chi connectivity index (χ0v) is 13.1. The van der Waals surface area contributed by atoms with E-state index < -0.39 is 5.97 Å². The lowest BCUT2D eigenvalue weighted by atomic mass is 9.85. The SMILES string of the molecule is CCCCCn1nnc(C(=O)O)c1CCC1CCCCC1. The van der Waals surface area contributed by atoms with E-state index in [0.29, 0.717) is 0 Å². The van der Waals surface area contributed by atoms with Crippen molar-refractivity contribution in [2.24, 2.45) is 5.92 Å². The molecule has 1 aromatic rings. The van der Waals surface area contributed by atoms with Gasteiger partial charge in [0.2, 0.25) is 0 Å². The number of hydrogen-bond acceptors (Lipinski definition) is 3. The Labute approximate surface area is 126 Å². The van der Waals surface area contributed by atoms with Crippen molar-refractivity contribution >= 4 is 5.97 Å². The van der Waals surface area contributed by atoms with Crippen LogP contribution in [0.1, 0.15) is 80.9 Å². The van der Waals surface area contributed by atoms with Gasteiger partial charge in [0, 0.05) is 6.54 Å². The Balaban J connectivity index is 1.99. The molecule has 5 nitrogen and oxygen atoms in total. The van der Waals surface area contributed by atoms with Crippen molar-refractivity contribution in [1.82, 2.24) is 15.0 Å². The van der Waals surface area contributed by atoms with Crippen molar-refractivity contribution in [3.05, 3.63) is 11.4 Å². The summed E-state index contributed by atoms with van der Waals surface area (Å²) in [5, 5.41) is 17.2. The van der Waals surface area contributed by atoms with E-state index in [0.717, 1.165) is 50.3 Å². The number of nitrogens with zero attached hydrogens (tertiary/aromatic N) is 3. The summed E-state index contributed by atoms with van der Waals surface area (Å²) in [6.45, 7) is 2.95. The molecule has 0 unspecified atom stereocenters. The minimum Gasteiger partial charge on any atom is -0.476 e. The van der Waals surface area contributed by atoms with Crippen molar-refractivity contribution in [1.29, 1.82) is 0 Å². The van der Waals surface area contributed by atoms with Gasteiger partial charge in [-0.1, -0.05) is 57.1 Å². The first-order valence-corrected chi connectivity index (χ1v) is 8.38. The number of carboxylic acids is 1.